The molecule has 52 heavy (non-hydrogen) atoms. The molecule has 0 aromatic heterocycles. The molecule has 270 valence electrons. The molecule has 0 amide bonds. The van der Waals surface area contributed by atoms with Crippen LogP contribution in [0.5, 0.6) is 23.0 Å². The summed E-state index contributed by atoms with van der Waals surface area (Å²) in [6.07, 6.45) is 0. The maximum atomic E-state index is 5.93. The smallest absolute Gasteiger partial charge is 0.286 e. The van der Waals surface area contributed by atoms with Crippen LogP contribution >= 0.6 is 16.8 Å². The maximum Gasteiger partial charge on any atom is 0.286 e. The van der Waals surface area contributed by atoms with Gasteiger partial charge in [0.05, 0.1) is 0 Å². The number of benzene rings is 6. The summed E-state index contributed by atoms with van der Waals surface area (Å²) in [7, 11) is -1.97. The summed E-state index contributed by atoms with van der Waals surface area (Å²) in [5, 5.41) is 0. The molecule has 6 aromatic carbocycles. The van der Waals surface area contributed by atoms with Gasteiger partial charge in [0.2, 0.25) is 0 Å². The average Bonchev–Trinajstić information content (AvgIpc) is 3.11. The van der Waals surface area contributed by atoms with Crippen LogP contribution in [0.2, 0.25) is 0 Å². The van der Waals surface area contributed by atoms with E-state index in [-0.39, 0.29) is 0 Å². The molecule has 0 saturated carbocycles. The Labute approximate surface area is 314 Å². The van der Waals surface area contributed by atoms with Gasteiger partial charge >= 0.3 is 0 Å². The van der Waals surface area contributed by atoms with Crippen LogP contribution in [-0.2, 0) is 0 Å². The van der Waals surface area contributed by atoms with E-state index in [0.717, 1.165) is 45.3 Å². The van der Waals surface area contributed by atoms with Crippen molar-refractivity contribution in [3.63, 3.8) is 0 Å². The Hall–Kier alpha value is -4.62. The van der Waals surface area contributed by atoms with Gasteiger partial charge in [-0.2, -0.15) is 0 Å². The van der Waals surface area contributed by atoms with Gasteiger partial charge in [-0.15, -0.1) is 0 Å². The van der Waals surface area contributed by atoms with Gasteiger partial charge in [0.15, 0.2) is 0 Å². The fraction of sp³-hybridized carbons (Fsp3) is 0.217. The van der Waals surface area contributed by atoms with Gasteiger partial charge in [0, 0.05) is 13.3 Å². The normalized spacial score (nSPS) is 10.5. The van der Waals surface area contributed by atoms with Crippen LogP contribution in [0.3, 0.4) is 0 Å². The molecule has 0 heterocycles. The lowest BCUT2D eigenvalue weighted by molar-refractivity contribution is 0.492. The van der Waals surface area contributed by atoms with Gasteiger partial charge in [-0.05, 0) is 113 Å². The average molecular weight is 731 g/mol. The Morgan fingerprint density at radius 2 is 0.538 bits per heavy atom. The predicted molar refractivity (Wildman–Crippen MR) is 224 cm³/mol. The number of rotatable bonds is 9. The number of aryl methyl sites for hydroxylation is 8. The van der Waals surface area contributed by atoms with Gasteiger partial charge in [-0.1, -0.05) is 131 Å². The van der Waals surface area contributed by atoms with Gasteiger partial charge in [0.1, 0.15) is 23.0 Å². The Balaban J connectivity index is 0.000000180. The van der Waals surface area contributed by atoms with Gasteiger partial charge in [0.25, 0.3) is 16.8 Å². The fourth-order valence-corrected chi connectivity index (χ4v) is 7.46. The topological polar surface area (TPSA) is 36.9 Å². The standard InChI is InChI=1S/2C17H21O2P.C12H10/c2*1-12-6-8-16(14(3)10-12)18-20(5)19-17-9-7-13(2)11-15(17)4;1-3-7-11(8-4-1)12-9-5-2-6-10-12/h2*6-11H,1-5H3;1-10H. The molecule has 0 radical (unpaired) electrons. The summed E-state index contributed by atoms with van der Waals surface area (Å²) in [4.78, 5) is 0. The third-order valence-electron chi connectivity index (χ3n) is 8.11. The zero-order valence-corrected chi connectivity index (χ0v) is 34.0. The highest BCUT2D eigenvalue weighted by Crippen LogP contribution is 2.40. The summed E-state index contributed by atoms with van der Waals surface area (Å²) in [6, 6.07) is 45.5. The molecule has 0 saturated heterocycles. The zero-order valence-electron chi connectivity index (χ0n) is 32.2. The molecular weight excluding hydrogens is 678 g/mol. The molecule has 0 aliphatic rings. The Morgan fingerprint density at radius 3 is 0.750 bits per heavy atom. The van der Waals surface area contributed by atoms with Crippen LogP contribution in [-0.4, -0.2) is 13.3 Å². The summed E-state index contributed by atoms with van der Waals surface area (Å²) in [5.41, 5.74) is 12.1. The van der Waals surface area contributed by atoms with Crippen molar-refractivity contribution >= 4 is 16.8 Å². The lowest BCUT2D eigenvalue weighted by Gasteiger charge is -2.17. The quantitative estimate of drug-likeness (QED) is 0.139. The summed E-state index contributed by atoms with van der Waals surface area (Å²) >= 11 is 0. The van der Waals surface area contributed by atoms with Crippen LogP contribution in [0, 0.1) is 55.4 Å². The zero-order chi connectivity index (χ0) is 37.6. The molecular formula is C46H52O4P2. The van der Waals surface area contributed by atoms with E-state index < -0.39 is 16.8 Å². The molecule has 6 heteroatoms. The van der Waals surface area contributed by atoms with Crippen molar-refractivity contribution in [3.05, 3.63) is 178 Å². The number of hydrogen-bond acceptors (Lipinski definition) is 4. The van der Waals surface area contributed by atoms with Crippen molar-refractivity contribution in [2.24, 2.45) is 0 Å². The molecule has 6 aromatic rings. The first-order valence-electron chi connectivity index (χ1n) is 17.5. The van der Waals surface area contributed by atoms with Crippen molar-refractivity contribution in [1.82, 2.24) is 0 Å². The van der Waals surface area contributed by atoms with E-state index in [1.54, 1.807) is 0 Å². The van der Waals surface area contributed by atoms with E-state index in [1.807, 2.05) is 49.7 Å². The van der Waals surface area contributed by atoms with Crippen LogP contribution in [0.4, 0.5) is 0 Å². The van der Waals surface area contributed by atoms with E-state index in [9.17, 15) is 0 Å². The first kappa shape index (κ1) is 40.2. The third kappa shape index (κ3) is 12.9. The van der Waals surface area contributed by atoms with Gasteiger partial charge in [-0.3, -0.25) is 0 Å². The minimum absolute atomic E-state index is 0.897. The van der Waals surface area contributed by atoms with Crippen molar-refractivity contribution in [3.8, 4) is 34.1 Å². The molecule has 4 nitrogen and oxygen atoms in total. The molecule has 0 aliphatic heterocycles. The molecule has 0 aliphatic carbocycles. The van der Waals surface area contributed by atoms with Crippen LogP contribution in [0.25, 0.3) is 11.1 Å². The maximum absolute atomic E-state index is 5.93. The Morgan fingerprint density at radius 1 is 0.308 bits per heavy atom. The van der Waals surface area contributed by atoms with Crippen LogP contribution in [0.1, 0.15) is 44.5 Å². The second-order valence-electron chi connectivity index (χ2n) is 13.1. The molecule has 6 rings (SSSR count). The largest absolute Gasteiger partial charge is 0.438 e. The van der Waals surface area contributed by atoms with Crippen molar-refractivity contribution in [2.75, 3.05) is 13.3 Å². The number of hydrogen-bond donors (Lipinski definition) is 0. The Bertz CT molecular complexity index is 1760. The Kier molecular flexibility index (Phi) is 15.3. The highest BCUT2D eigenvalue weighted by Gasteiger charge is 2.12. The molecule has 0 bridgehead atoms. The van der Waals surface area contributed by atoms with Gasteiger partial charge in [-0.25, -0.2) is 0 Å². The SMILES string of the molecule is Cc1ccc(OP(C)Oc2ccc(C)cc2C)c(C)c1.Cc1ccc(OP(C)Oc2ccc(C)cc2C)c(C)c1.c1ccc(-c2ccccc2)cc1. The summed E-state index contributed by atoms with van der Waals surface area (Å²) < 4.78 is 23.7. The van der Waals surface area contributed by atoms with Crippen LogP contribution < -0.4 is 18.1 Å². The van der Waals surface area contributed by atoms with E-state index >= 15 is 0 Å². The lowest BCUT2D eigenvalue weighted by atomic mass is 10.1. The van der Waals surface area contributed by atoms with Crippen LogP contribution in [0.15, 0.2) is 133 Å². The first-order chi connectivity index (χ1) is 24.9. The lowest BCUT2D eigenvalue weighted by Crippen LogP contribution is -1.97. The minimum atomic E-state index is -0.985. The second-order valence-corrected chi connectivity index (χ2v) is 15.5. The third-order valence-corrected chi connectivity index (χ3v) is 9.93. The van der Waals surface area contributed by atoms with Gasteiger partial charge < -0.3 is 18.1 Å². The summed E-state index contributed by atoms with van der Waals surface area (Å²) in [5.74, 6) is 3.59. The highest BCUT2D eigenvalue weighted by atomic mass is 31.2. The molecule has 0 fully saturated rings. The van der Waals surface area contributed by atoms with Crippen molar-refractivity contribution < 1.29 is 18.1 Å². The minimum Gasteiger partial charge on any atom is -0.438 e. The monoisotopic (exact) mass is 730 g/mol. The fourth-order valence-electron chi connectivity index (χ4n) is 5.46. The first-order valence-corrected chi connectivity index (χ1v) is 20.7. The van der Waals surface area contributed by atoms with E-state index in [2.05, 4.69) is 152 Å². The molecule has 0 spiro atoms. The van der Waals surface area contributed by atoms with E-state index in [4.69, 9.17) is 18.1 Å². The summed E-state index contributed by atoms with van der Waals surface area (Å²) in [6.45, 7) is 20.5. The molecule has 0 unspecified atom stereocenters. The van der Waals surface area contributed by atoms with Crippen molar-refractivity contribution in [2.45, 2.75) is 55.4 Å². The molecule has 0 N–H and O–H groups in total. The second kappa shape index (κ2) is 19.8. The van der Waals surface area contributed by atoms with Crippen molar-refractivity contribution in [1.29, 1.82) is 0 Å². The van der Waals surface area contributed by atoms with E-state index in [1.165, 1.54) is 33.4 Å². The van der Waals surface area contributed by atoms with E-state index in [0.29, 0.717) is 0 Å². The predicted octanol–water partition coefficient (Wildman–Crippen LogP) is 14.0. The highest BCUT2D eigenvalue weighted by molar-refractivity contribution is 7.47. The molecule has 0 atom stereocenters.